The van der Waals surface area contributed by atoms with Crippen LogP contribution in [0.15, 0.2) is 42.5 Å². The van der Waals surface area contributed by atoms with Crippen molar-refractivity contribution in [2.24, 2.45) is 0 Å². The Hall–Kier alpha value is -2.08. The van der Waals surface area contributed by atoms with Crippen LogP contribution in [-0.2, 0) is 4.74 Å². The molecule has 2 aromatic rings. The van der Waals surface area contributed by atoms with Gasteiger partial charge in [-0.3, -0.25) is 9.59 Å². The first-order valence-corrected chi connectivity index (χ1v) is 9.38. The highest BCUT2D eigenvalue weighted by Gasteiger charge is 2.10. The molecule has 2 rings (SSSR count). The molecule has 0 bridgehead atoms. The zero-order chi connectivity index (χ0) is 19.8. The molecule has 0 saturated carbocycles. The van der Waals surface area contributed by atoms with Crippen molar-refractivity contribution in [1.29, 1.82) is 0 Å². The summed E-state index contributed by atoms with van der Waals surface area (Å²) in [6.45, 7) is 5.09. The van der Waals surface area contributed by atoms with Crippen LogP contribution in [-0.4, -0.2) is 31.1 Å². The summed E-state index contributed by atoms with van der Waals surface area (Å²) in [6, 6.07) is 11.3. The summed E-state index contributed by atoms with van der Waals surface area (Å²) in [6.07, 6.45) is 0.937. The summed E-state index contributed by atoms with van der Waals surface area (Å²) >= 11 is 11.8. The number of nitrogens with one attached hydrogen (secondary N) is 2. The van der Waals surface area contributed by atoms with E-state index < -0.39 is 0 Å². The Kier molecular flexibility index (Phi) is 8.10. The van der Waals surface area contributed by atoms with Gasteiger partial charge in [0, 0.05) is 40.0 Å². The molecule has 0 aliphatic rings. The lowest BCUT2D eigenvalue weighted by molar-refractivity contribution is 0.0757. The second-order valence-corrected chi connectivity index (χ2v) is 7.09. The van der Waals surface area contributed by atoms with E-state index in [2.05, 4.69) is 10.6 Å². The normalized spacial score (nSPS) is 10.7. The third-order valence-electron chi connectivity index (χ3n) is 3.59. The van der Waals surface area contributed by atoms with E-state index in [1.165, 1.54) is 12.1 Å². The Bertz CT molecular complexity index is 772. The van der Waals surface area contributed by atoms with Crippen molar-refractivity contribution in [3.8, 4) is 0 Å². The van der Waals surface area contributed by atoms with Crippen LogP contribution in [0.4, 0.5) is 5.69 Å². The fourth-order valence-electron chi connectivity index (χ4n) is 2.29. The predicted molar refractivity (Wildman–Crippen MR) is 109 cm³/mol. The Morgan fingerprint density at radius 2 is 1.59 bits per heavy atom. The van der Waals surface area contributed by atoms with E-state index in [1.54, 1.807) is 30.3 Å². The number of amides is 2. The van der Waals surface area contributed by atoms with E-state index in [1.807, 2.05) is 13.8 Å². The van der Waals surface area contributed by atoms with E-state index >= 15 is 0 Å². The number of hydrogen-bond acceptors (Lipinski definition) is 3. The van der Waals surface area contributed by atoms with E-state index in [9.17, 15) is 9.59 Å². The third kappa shape index (κ3) is 7.21. The van der Waals surface area contributed by atoms with Crippen molar-refractivity contribution in [2.45, 2.75) is 26.4 Å². The standard InChI is InChI=1S/C20H22Cl2N2O3/c1-13(2)27-9-3-8-23-19(25)14-4-6-18(7-5-14)24-20(26)15-10-16(21)12-17(22)11-15/h4-7,10-13H,3,8-9H2,1-2H3,(H,23,25)(H,24,26). The molecule has 0 radical (unpaired) electrons. The molecule has 0 spiro atoms. The Labute approximate surface area is 169 Å². The van der Waals surface area contributed by atoms with Crippen LogP contribution in [0.25, 0.3) is 0 Å². The summed E-state index contributed by atoms with van der Waals surface area (Å²) in [5.74, 6) is -0.499. The Balaban J connectivity index is 1.87. The van der Waals surface area contributed by atoms with E-state index in [0.717, 1.165) is 6.42 Å². The first kappa shape index (κ1) is 21.2. The topological polar surface area (TPSA) is 67.4 Å². The Morgan fingerprint density at radius 3 is 2.19 bits per heavy atom. The van der Waals surface area contributed by atoms with Crippen LogP contribution in [0.2, 0.25) is 10.0 Å². The highest BCUT2D eigenvalue weighted by Crippen LogP contribution is 2.20. The number of ether oxygens (including phenoxy) is 1. The zero-order valence-corrected chi connectivity index (χ0v) is 16.7. The Morgan fingerprint density at radius 1 is 0.963 bits per heavy atom. The molecule has 5 nitrogen and oxygen atoms in total. The number of anilines is 1. The molecule has 2 N–H and O–H groups in total. The summed E-state index contributed by atoms with van der Waals surface area (Å²) < 4.78 is 5.43. The van der Waals surface area contributed by atoms with Crippen LogP contribution in [0.1, 0.15) is 41.0 Å². The maximum atomic E-state index is 12.3. The van der Waals surface area contributed by atoms with Crippen molar-refractivity contribution in [3.05, 3.63) is 63.6 Å². The minimum absolute atomic E-state index is 0.168. The summed E-state index contributed by atoms with van der Waals surface area (Å²) in [7, 11) is 0. The molecule has 7 heteroatoms. The maximum absolute atomic E-state index is 12.3. The second kappa shape index (κ2) is 10.3. The number of benzene rings is 2. The van der Waals surface area contributed by atoms with E-state index in [0.29, 0.717) is 40.0 Å². The monoisotopic (exact) mass is 408 g/mol. The van der Waals surface area contributed by atoms with Gasteiger partial charge in [-0.2, -0.15) is 0 Å². The second-order valence-electron chi connectivity index (χ2n) is 6.22. The van der Waals surface area contributed by atoms with Gasteiger partial charge < -0.3 is 15.4 Å². The zero-order valence-electron chi connectivity index (χ0n) is 15.2. The summed E-state index contributed by atoms with van der Waals surface area (Å²) in [5.41, 5.74) is 1.44. The molecule has 0 unspecified atom stereocenters. The third-order valence-corrected chi connectivity index (χ3v) is 4.02. The number of rotatable bonds is 8. The first-order chi connectivity index (χ1) is 12.8. The van der Waals surface area contributed by atoms with Gasteiger partial charge in [0.25, 0.3) is 11.8 Å². The minimum atomic E-state index is -0.332. The van der Waals surface area contributed by atoms with Crippen molar-refractivity contribution < 1.29 is 14.3 Å². The molecule has 0 atom stereocenters. The largest absolute Gasteiger partial charge is 0.379 e. The van der Waals surface area contributed by atoms with E-state index in [4.69, 9.17) is 27.9 Å². The van der Waals surface area contributed by atoms with Gasteiger partial charge in [0.05, 0.1) is 6.10 Å². The molecular weight excluding hydrogens is 387 g/mol. The number of carbonyl (C=O) groups is 2. The smallest absolute Gasteiger partial charge is 0.255 e. The summed E-state index contributed by atoms with van der Waals surface area (Å²) in [4.78, 5) is 24.4. The van der Waals surface area contributed by atoms with Crippen LogP contribution in [0.3, 0.4) is 0 Å². The molecule has 0 aromatic heterocycles. The quantitative estimate of drug-likeness (QED) is 0.616. The van der Waals surface area contributed by atoms with Gasteiger partial charge in [0.15, 0.2) is 0 Å². The molecule has 0 aliphatic carbocycles. The highest BCUT2D eigenvalue weighted by molar-refractivity contribution is 6.35. The SMILES string of the molecule is CC(C)OCCCNC(=O)c1ccc(NC(=O)c2cc(Cl)cc(Cl)c2)cc1. The molecule has 27 heavy (non-hydrogen) atoms. The van der Waals surface area contributed by atoms with Crippen molar-refractivity contribution in [2.75, 3.05) is 18.5 Å². The predicted octanol–water partition coefficient (Wildman–Crippen LogP) is 4.79. The van der Waals surface area contributed by atoms with Gasteiger partial charge in [-0.1, -0.05) is 23.2 Å². The molecule has 144 valence electrons. The molecule has 0 heterocycles. The van der Waals surface area contributed by atoms with Crippen molar-refractivity contribution >= 4 is 40.7 Å². The van der Waals surface area contributed by atoms with E-state index in [-0.39, 0.29) is 17.9 Å². The van der Waals surface area contributed by atoms with Gasteiger partial charge in [0.2, 0.25) is 0 Å². The fourth-order valence-corrected chi connectivity index (χ4v) is 2.81. The molecule has 2 aromatic carbocycles. The molecular formula is C20H22Cl2N2O3. The number of halogens is 2. The van der Waals surface area contributed by atoms with Gasteiger partial charge in [0.1, 0.15) is 0 Å². The summed E-state index contributed by atoms with van der Waals surface area (Å²) in [5, 5.41) is 6.36. The number of hydrogen-bond donors (Lipinski definition) is 2. The fraction of sp³-hybridized carbons (Fsp3) is 0.300. The van der Waals surface area contributed by atoms with Crippen molar-refractivity contribution in [1.82, 2.24) is 5.32 Å². The first-order valence-electron chi connectivity index (χ1n) is 8.62. The maximum Gasteiger partial charge on any atom is 0.255 e. The van der Waals surface area contributed by atoms with Crippen LogP contribution in [0.5, 0.6) is 0 Å². The van der Waals surface area contributed by atoms with Gasteiger partial charge >= 0.3 is 0 Å². The lowest BCUT2D eigenvalue weighted by Crippen LogP contribution is -2.25. The average molecular weight is 409 g/mol. The molecule has 0 aliphatic heterocycles. The highest BCUT2D eigenvalue weighted by atomic mass is 35.5. The van der Waals surface area contributed by atoms with Gasteiger partial charge in [-0.05, 0) is 62.7 Å². The average Bonchev–Trinajstić information content (AvgIpc) is 2.60. The molecule has 0 saturated heterocycles. The lowest BCUT2D eigenvalue weighted by Gasteiger charge is -2.09. The minimum Gasteiger partial charge on any atom is -0.379 e. The van der Waals surface area contributed by atoms with Gasteiger partial charge in [-0.25, -0.2) is 0 Å². The van der Waals surface area contributed by atoms with Crippen LogP contribution >= 0.6 is 23.2 Å². The van der Waals surface area contributed by atoms with Crippen LogP contribution < -0.4 is 10.6 Å². The number of carbonyl (C=O) groups excluding carboxylic acids is 2. The van der Waals surface area contributed by atoms with Gasteiger partial charge in [-0.15, -0.1) is 0 Å². The molecule has 2 amide bonds. The van der Waals surface area contributed by atoms with Crippen LogP contribution in [0, 0.1) is 0 Å². The lowest BCUT2D eigenvalue weighted by atomic mass is 10.1. The van der Waals surface area contributed by atoms with Crippen molar-refractivity contribution in [3.63, 3.8) is 0 Å². The molecule has 0 fully saturated rings.